The Kier molecular flexibility index (Phi) is 5.42. The molecule has 2 aromatic rings. The van der Waals surface area contributed by atoms with E-state index in [1.54, 1.807) is 6.20 Å². The standard InChI is InChI=1S/C18H23N5O2/c1-13-5-7-14(8-6-13)9-10-19-17(24)12-23-11-16(21-22-23)20-18(25)15-3-2-4-15/h5-8,11,15H,2-4,9-10,12H2,1H3,(H,19,24)(H,20,25). The van der Waals surface area contributed by atoms with Crippen LogP contribution in [0.3, 0.4) is 0 Å². The zero-order valence-corrected chi connectivity index (χ0v) is 14.4. The Labute approximate surface area is 146 Å². The van der Waals surface area contributed by atoms with Crippen molar-refractivity contribution in [2.45, 2.75) is 39.2 Å². The fourth-order valence-electron chi connectivity index (χ4n) is 2.64. The summed E-state index contributed by atoms with van der Waals surface area (Å²) in [6, 6.07) is 8.25. The van der Waals surface area contributed by atoms with Gasteiger partial charge in [-0.15, -0.1) is 5.10 Å². The number of aryl methyl sites for hydroxylation is 1. The SMILES string of the molecule is Cc1ccc(CCNC(=O)Cn2cc(NC(=O)C3CCC3)nn2)cc1. The molecule has 1 saturated carbocycles. The van der Waals surface area contributed by atoms with Crippen LogP contribution in [0, 0.1) is 12.8 Å². The lowest BCUT2D eigenvalue weighted by Crippen LogP contribution is -2.29. The molecule has 1 aliphatic carbocycles. The predicted molar refractivity (Wildman–Crippen MR) is 93.9 cm³/mol. The lowest BCUT2D eigenvalue weighted by atomic mass is 9.85. The van der Waals surface area contributed by atoms with E-state index >= 15 is 0 Å². The minimum Gasteiger partial charge on any atom is -0.354 e. The van der Waals surface area contributed by atoms with Crippen molar-refractivity contribution in [3.63, 3.8) is 0 Å². The number of nitrogens with zero attached hydrogens (tertiary/aromatic N) is 3. The normalized spacial score (nSPS) is 14.0. The van der Waals surface area contributed by atoms with Crippen LogP contribution in [0.5, 0.6) is 0 Å². The van der Waals surface area contributed by atoms with Gasteiger partial charge in [0.1, 0.15) is 6.54 Å². The van der Waals surface area contributed by atoms with Gasteiger partial charge in [0.25, 0.3) is 0 Å². The average molecular weight is 341 g/mol. The first-order valence-electron chi connectivity index (χ1n) is 8.63. The summed E-state index contributed by atoms with van der Waals surface area (Å²) in [4.78, 5) is 23.8. The highest BCUT2D eigenvalue weighted by Gasteiger charge is 2.25. The molecule has 0 unspecified atom stereocenters. The smallest absolute Gasteiger partial charge is 0.241 e. The summed E-state index contributed by atoms with van der Waals surface area (Å²) >= 11 is 0. The summed E-state index contributed by atoms with van der Waals surface area (Å²) in [6.07, 6.45) is 5.34. The number of carbonyl (C=O) groups is 2. The number of amides is 2. The van der Waals surface area contributed by atoms with Crippen molar-refractivity contribution in [1.82, 2.24) is 20.3 Å². The highest BCUT2D eigenvalue weighted by molar-refractivity contribution is 5.92. The molecule has 0 radical (unpaired) electrons. The topological polar surface area (TPSA) is 88.9 Å². The van der Waals surface area contributed by atoms with E-state index in [9.17, 15) is 9.59 Å². The van der Waals surface area contributed by atoms with Crippen LogP contribution in [0.15, 0.2) is 30.5 Å². The molecule has 0 bridgehead atoms. The minimum atomic E-state index is -0.131. The van der Waals surface area contributed by atoms with Crippen molar-refractivity contribution in [3.05, 3.63) is 41.6 Å². The molecule has 1 heterocycles. The summed E-state index contributed by atoms with van der Waals surface area (Å²) in [5.74, 6) is 0.342. The summed E-state index contributed by atoms with van der Waals surface area (Å²) in [6.45, 7) is 2.70. The maximum atomic E-state index is 12.0. The molecular weight excluding hydrogens is 318 g/mol. The Hall–Kier alpha value is -2.70. The third-order valence-electron chi connectivity index (χ3n) is 4.43. The molecule has 0 aliphatic heterocycles. The first kappa shape index (κ1) is 17.1. The van der Waals surface area contributed by atoms with Crippen LogP contribution in [-0.4, -0.2) is 33.4 Å². The Balaban J connectivity index is 1.40. The number of nitrogens with one attached hydrogen (secondary N) is 2. The van der Waals surface area contributed by atoms with Crippen molar-refractivity contribution >= 4 is 17.6 Å². The molecule has 7 heteroatoms. The number of anilines is 1. The van der Waals surface area contributed by atoms with Gasteiger partial charge in [-0.1, -0.05) is 41.5 Å². The van der Waals surface area contributed by atoms with E-state index in [2.05, 4.69) is 45.2 Å². The summed E-state index contributed by atoms with van der Waals surface area (Å²) < 4.78 is 1.43. The second-order valence-corrected chi connectivity index (χ2v) is 6.50. The molecule has 1 aromatic heterocycles. The van der Waals surface area contributed by atoms with Gasteiger partial charge in [-0.2, -0.15) is 0 Å². The van der Waals surface area contributed by atoms with Crippen LogP contribution in [0.1, 0.15) is 30.4 Å². The predicted octanol–water partition coefficient (Wildman–Crippen LogP) is 1.68. The lowest BCUT2D eigenvalue weighted by molar-refractivity contribution is -0.122. The molecule has 1 aliphatic rings. The van der Waals surface area contributed by atoms with E-state index in [0.717, 1.165) is 25.7 Å². The van der Waals surface area contributed by atoms with Gasteiger partial charge in [-0.3, -0.25) is 9.59 Å². The van der Waals surface area contributed by atoms with Crippen molar-refractivity contribution in [3.8, 4) is 0 Å². The minimum absolute atomic E-state index is 0.0131. The van der Waals surface area contributed by atoms with Crippen LogP contribution in [-0.2, 0) is 22.6 Å². The van der Waals surface area contributed by atoms with Crippen molar-refractivity contribution in [2.24, 2.45) is 5.92 Å². The monoisotopic (exact) mass is 341 g/mol. The second kappa shape index (κ2) is 7.92. The Morgan fingerprint density at radius 3 is 2.68 bits per heavy atom. The molecule has 0 atom stereocenters. The fourth-order valence-corrected chi connectivity index (χ4v) is 2.64. The molecule has 1 aromatic carbocycles. The number of benzene rings is 1. The number of hydrogen-bond donors (Lipinski definition) is 2. The molecule has 7 nitrogen and oxygen atoms in total. The number of rotatable bonds is 7. The van der Waals surface area contributed by atoms with Gasteiger partial charge in [-0.25, -0.2) is 4.68 Å². The Bertz CT molecular complexity index is 734. The maximum Gasteiger partial charge on any atom is 0.241 e. The van der Waals surface area contributed by atoms with E-state index in [1.807, 2.05) is 6.92 Å². The molecule has 2 amide bonds. The quantitative estimate of drug-likeness (QED) is 0.802. The molecule has 1 fully saturated rings. The van der Waals surface area contributed by atoms with Crippen LogP contribution < -0.4 is 10.6 Å². The third kappa shape index (κ3) is 4.89. The first-order valence-corrected chi connectivity index (χ1v) is 8.63. The van der Waals surface area contributed by atoms with E-state index in [0.29, 0.717) is 12.4 Å². The largest absolute Gasteiger partial charge is 0.354 e. The van der Waals surface area contributed by atoms with Crippen LogP contribution >= 0.6 is 0 Å². The Morgan fingerprint density at radius 2 is 2.00 bits per heavy atom. The summed E-state index contributed by atoms with van der Waals surface area (Å²) in [5, 5.41) is 13.4. The average Bonchev–Trinajstić information content (AvgIpc) is 2.94. The molecule has 0 saturated heterocycles. The summed E-state index contributed by atoms with van der Waals surface area (Å²) in [7, 11) is 0. The van der Waals surface area contributed by atoms with Crippen molar-refractivity contribution in [1.29, 1.82) is 0 Å². The van der Waals surface area contributed by atoms with E-state index in [-0.39, 0.29) is 24.3 Å². The van der Waals surface area contributed by atoms with Crippen LogP contribution in [0.2, 0.25) is 0 Å². The zero-order valence-electron chi connectivity index (χ0n) is 14.4. The molecule has 3 rings (SSSR count). The highest BCUT2D eigenvalue weighted by Crippen LogP contribution is 2.27. The molecule has 25 heavy (non-hydrogen) atoms. The van der Waals surface area contributed by atoms with Gasteiger partial charge in [-0.05, 0) is 31.7 Å². The third-order valence-corrected chi connectivity index (χ3v) is 4.43. The molecule has 2 N–H and O–H groups in total. The Morgan fingerprint density at radius 1 is 1.24 bits per heavy atom. The number of carbonyl (C=O) groups excluding carboxylic acids is 2. The van der Waals surface area contributed by atoms with Crippen LogP contribution in [0.25, 0.3) is 0 Å². The van der Waals surface area contributed by atoms with E-state index in [4.69, 9.17) is 0 Å². The van der Waals surface area contributed by atoms with Crippen LogP contribution in [0.4, 0.5) is 5.82 Å². The fraction of sp³-hybridized carbons (Fsp3) is 0.444. The molecular formula is C18H23N5O2. The van der Waals surface area contributed by atoms with Gasteiger partial charge < -0.3 is 10.6 Å². The second-order valence-electron chi connectivity index (χ2n) is 6.50. The first-order chi connectivity index (χ1) is 12.1. The van der Waals surface area contributed by atoms with E-state index in [1.165, 1.54) is 15.8 Å². The zero-order chi connectivity index (χ0) is 17.6. The van der Waals surface area contributed by atoms with Gasteiger partial charge in [0, 0.05) is 12.5 Å². The molecule has 132 valence electrons. The summed E-state index contributed by atoms with van der Waals surface area (Å²) in [5.41, 5.74) is 2.41. The highest BCUT2D eigenvalue weighted by atomic mass is 16.2. The lowest BCUT2D eigenvalue weighted by Gasteiger charge is -2.23. The van der Waals surface area contributed by atoms with E-state index < -0.39 is 0 Å². The number of hydrogen-bond acceptors (Lipinski definition) is 4. The van der Waals surface area contributed by atoms with Gasteiger partial charge in [0.2, 0.25) is 11.8 Å². The maximum absolute atomic E-state index is 12.0. The van der Waals surface area contributed by atoms with Gasteiger partial charge >= 0.3 is 0 Å². The number of aromatic nitrogens is 3. The van der Waals surface area contributed by atoms with Gasteiger partial charge in [0.05, 0.1) is 6.20 Å². The molecule has 0 spiro atoms. The van der Waals surface area contributed by atoms with Crippen molar-refractivity contribution < 1.29 is 9.59 Å². The van der Waals surface area contributed by atoms with Crippen molar-refractivity contribution in [2.75, 3.05) is 11.9 Å². The van der Waals surface area contributed by atoms with Gasteiger partial charge in [0.15, 0.2) is 5.82 Å².